The van der Waals surface area contributed by atoms with Gasteiger partial charge in [0.15, 0.2) is 0 Å². The molecule has 0 amide bonds. The van der Waals surface area contributed by atoms with Crippen molar-refractivity contribution in [3.63, 3.8) is 0 Å². The third kappa shape index (κ3) is 2.60. The first-order valence-electron chi connectivity index (χ1n) is 6.83. The summed E-state index contributed by atoms with van der Waals surface area (Å²) in [7, 11) is 2.13. The maximum atomic E-state index is 6.40. The van der Waals surface area contributed by atoms with Gasteiger partial charge in [-0.25, -0.2) is 0 Å². The number of allylic oxidation sites excluding steroid dienone is 3. The summed E-state index contributed by atoms with van der Waals surface area (Å²) in [6, 6.07) is 8.16. The van der Waals surface area contributed by atoms with Crippen LogP contribution in [-0.4, -0.2) is 25.0 Å². The van der Waals surface area contributed by atoms with Crippen LogP contribution >= 0.6 is 23.2 Å². The Morgan fingerprint density at radius 1 is 1.25 bits per heavy atom. The highest BCUT2D eigenvalue weighted by atomic mass is 35.5. The Hall–Kier alpha value is -0.960. The molecule has 4 heteroatoms. The molecular formula is C16H18Cl2N2. The number of halogens is 2. The van der Waals surface area contributed by atoms with E-state index in [9.17, 15) is 0 Å². The SMILES string of the molecule is CN1CC2=C(Cl)C=C(Cl)CC2C(c2cccc(N)c2)C1. The highest BCUT2D eigenvalue weighted by Gasteiger charge is 2.36. The van der Waals surface area contributed by atoms with Crippen molar-refractivity contribution in [2.45, 2.75) is 12.3 Å². The van der Waals surface area contributed by atoms with E-state index in [1.54, 1.807) is 0 Å². The summed E-state index contributed by atoms with van der Waals surface area (Å²) < 4.78 is 0. The van der Waals surface area contributed by atoms with E-state index in [1.807, 2.05) is 18.2 Å². The van der Waals surface area contributed by atoms with Gasteiger partial charge in [0.05, 0.1) is 0 Å². The van der Waals surface area contributed by atoms with Crippen LogP contribution in [0.15, 0.2) is 46.0 Å². The zero-order valence-electron chi connectivity index (χ0n) is 11.4. The van der Waals surface area contributed by atoms with Gasteiger partial charge in [0.1, 0.15) is 0 Å². The summed E-state index contributed by atoms with van der Waals surface area (Å²) in [5, 5.41) is 1.66. The second-order valence-corrected chi connectivity index (χ2v) is 6.64. The van der Waals surface area contributed by atoms with Crippen molar-refractivity contribution in [3.05, 3.63) is 51.5 Å². The van der Waals surface area contributed by atoms with Gasteiger partial charge in [-0.2, -0.15) is 0 Å². The second kappa shape index (κ2) is 5.44. The third-order valence-electron chi connectivity index (χ3n) is 4.23. The van der Waals surface area contributed by atoms with Gasteiger partial charge in [0.25, 0.3) is 0 Å². The van der Waals surface area contributed by atoms with Crippen LogP contribution in [0.1, 0.15) is 17.9 Å². The summed E-state index contributed by atoms with van der Waals surface area (Å²) >= 11 is 12.7. The molecule has 1 aromatic rings. The van der Waals surface area contributed by atoms with Crippen LogP contribution in [0.2, 0.25) is 0 Å². The molecule has 0 spiro atoms. The zero-order chi connectivity index (χ0) is 14.3. The van der Waals surface area contributed by atoms with Crippen LogP contribution < -0.4 is 5.73 Å². The molecular weight excluding hydrogens is 291 g/mol. The maximum Gasteiger partial charge on any atom is 0.0425 e. The number of hydrogen-bond acceptors (Lipinski definition) is 2. The molecule has 20 heavy (non-hydrogen) atoms. The van der Waals surface area contributed by atoms with Crippen LogP contribution in [0.3, 0.4) is 0 Å². The Morgan fingerprint density at radius 2 is 2.05 bits per heavy atom. The van der Waals surface area contributed by atoms with Gasteiger partial charge in [-0.05, 0) is 48.7 Å². The fourth-order valence-corrected chi connectivity index (χ4v) is 3.99. The van der Waals surface area contributed by atoms with Gasteiger partial charge in [-0.1, -0.05) is 35.3 Å². The minimum absolute atomic E-state index is 0.387. The standard InChI is InChI=1S/C16H18Cl2N2/c1-20-8-14(10-3-2-4-12(19)5-10)13-6-11(17)7-16(18)15(13)9-20/h2-5,7,13-14H,6,8-9,19H2,1H3. The minimum atomic E-state index is 0.387. The average molecular weight is 309 g/mol. The summed E-state index contributed by atoms with van der Waals surface area (Å²) in [5.41, 5.74) is 9.32. The van der Waals surface area contributed by atoms with E-state index in [0.717, 1.165) is 35.3 Å². The first-order valence-corrected chi connectivity index (χ1v) is 7.59. The van der Waals surface area contributed by atoms with Crippen LogP contribution in [0.5, 0.6) is 0 Å². The fourth-order valence-electron chi connectivity index (χ4n) is 3.32. The summed E-state index contributed by atoms with van der Waals surface area (Å²) in [6.07, 6.45) is 2.77. The van der Waals surface area contributed by atoms with Gasteiger partial charge in [0, 0.05) is 34.8 Å². The number of nitrogen functional groups attached to an aromatic ring is 1. The number of anilines is 1. The van der Waals surface area contributed by atoms with E-state index in [4.69, 9.17) is 28.9 Å². The average Bonchev–Trinajstić information content (AvgIpc) is 2.39. The lowest BCUT2D eigenvalue weighted by Gasteiger charge is -2.41. The van der Waals surface area contributed by atoms with Gasteiger partial charge in [-0.3, -0.25) is 0 Å². The van der Waals surface area contributed by atoms with Crippen LogP contribution in [-0.2, 0) is 0 Å². The van der Waals surface area contributed by atoms with E-state index in [-0.39, 0.29) is 0 Å². The number of benzene rings is 1. The monoisotopic (exact) mass is 308 g/mol. The number of likely N-dealkylation sites (tertiary alicyclic amines) is 1. The Labute approximate surface area is 129 Å². The van der Waals surface area contributed by atoms with Crippen molar-refractivity contribution < 1.29 is 0 Å². The van der Waals surface area contributed by atoms with E-state index < -0.39 is 0 Å². The molecule has 1 heterocycles. The van der Waals surface area contributed by atoms with Crippen molar-refractivity contribution in [2.75, 3.05) is 25.9 Å². The number of rotatable bonds is 1. The molecule has 1 aliphatic carbocycles. The molecule has 0 aromatic heterocycles. The molecule has 0 saturated carbocycles. The Kier molecular flexibility index (Phi) is 3.80. The predicted octanol–water partition coefficient (Wildman–Crippen LogP) is 3.93. The number of piperidine rings is 1. The van der Waals surface area contributed by atoms with Crippen molar-refractivity contribution in [2.24, 2.45) is 5.92 Å². The third-order valence-corrected chi connectivity index (χ3v) is 4.84. The topological polar surface area (TPSA) is 29.3 Å². The van der Waals surface area contributed by atoms with Gasteiger partial charge < -0.3 is 10.6 Å². The highest BCUT2D eigenvalue weighted by molar-refractivity contribution is 6.35. The predicted molar refractivity (Wildman–Crippen MR) is 86.0 cm³/mol. The van der Waals surface area contributed by atoms with Crippen LogP contribution in [0.25, 0.3) is 0 Å². The summed E-state index contributed by atoms with van der Waals surface area (Å²) in [4.78, 5) is 2.31. The lowest BCUT2D eigenvalue weighted by Crippen LogP contribution is -2.39. The van der Waals surface area contributed by atoms with Crippen molar-refractivity contribution in [1.82, 2.24) is 4.90 Å². The lowest BCUT2D eigenvalue weighted by atomic mass is 9.74. The fraction of sp³-hybridized carbons (Fsp3) is 0.375. The quantitative estimate of drug-likeness (QED) is 0.796. The molecule has 0 bridgehead atoms. The largest absolute Gasteiger partial charge is 0.399 e. The van der Waals surface area contributed by atoms with E-state index in [0.29, 0.717) is 11.8 Å². The Bertz CT molecular complexity index is 592. The molecule has 1 aromatic carbocycles. The molecule has 0 radical (unpaired) electrons. The molecule has 1 aliphatic heterocycles. The van der Waals surface area contributed by atoms with E-state index in [2.05, 4.69) is 24.1 Å². The van der Waals surface area contributed by atoms with E-state index >= 15 is 0 Å². The molecule has 1 saturated heterocycles. The van der Waals surface area contributed by atoms with Crippen molar-refractivity contribution in [1.29, 1.82) is 0 Å². The lowest BCUT2D eigenvalue weighted by molar-refractivity contribution is 0.243. The number of likely N-dealkylation sites (N-methyl/N-ethyl adjacent to an activating group) is 1. The van der Waals surface area contributed by atoms with E-state index in [1.165, 1.54) is 11.1 Å². The number of hydrogen-bond donors (Lipinski definition) is 1. The van der Waals surface area contributed by atoms with Gasteiger partial charge in [0.2, 0.25) is 0 Å². The second-order valence-electron chi connectivity index (χ2n) is 5.75. The van der Waals surface area contributed by atoms with Crippen LogP contribution in [0.4, 0.5) is 5.69 Å². The van der Waals surface area contributed by atoms with Crippen LogP contribution in [0, 0.1) is 5.92 Å². The molecule has 1 fully saturated rings. The minimum Gasteiger partial charge on any atom is -0.399 e. The zero-order valence-corrected chi connectivity index (χ0v) is 13.0. The Balaban J connectivity index is 2.01. The summed E-state index contributed by atoms with van der Waals surface area (Å²) in [5.74, 6) is 0.779. The molecule has 3 rings (SSSR count). The molecule has 2 atom stereocenters. The maximum absolute atomic E-state index is 6.40. The number of nitrogens with two attached hydrogens (primary N) is 1. The van der Waals surface area contributed by atoms with Crippen molar-refractivity contribution >= 4 is 28.9 Å². The molecule has 2 N–H and O–H groups in total. The normalized spacial score (nSPS) is 27.2. The molecule has 2 nitrogen and oxygen atoms in total. The van der Waals surface area contributed by atoms with Gasteiger partial charge in [-0.15, -0.1) is 0 Å². The highest BCUT2D eigenvalue weighted by Crippen LogP contribution is 2.44. The number of fused-ring (bicyclic) bond motifs is 1. The first-order chi connectivity index (χ1) is 9.54. The molecule has 2 aliphatic rings. The summed E-state index contributed by atoms with van der Waals surface area (Å²) in [6.45, 7) is 1.93. The smallest absolute Gasteiger partial charge is 0.0425 e. The van der Waals surface area contributed by atoms with Gasteiger partial charge >= 0.3 is 0 Å². The molecule has 2 unspecified atom stereocenters. The van der Waals surface area contributed by atoms with Crippen molar-refractivity contribution in [3.8, 4) is 0 Å². The molecule has 106 valence electrons. The number of nitrogens with zero attached hydrogens (tertiary/aromatic N) is 1. The first kappa shape index (κ1) is 14.0. The Morgan fingerprint density at radius 3 is 2.80 bits per heavy atom.